The molecule has 2 aliphatic heterocycles. The fourth-order valence-electron chi connectivity index (χ4n) is 4.24. The van der Waals surface area contributed by atoms with Crippen LogP contribution in [0.25, 0.3) is 0 Å². The Labute approximate surface area is 175 Å². The molecule has 0 fully saturated rings. The smallest absolute Gasteiger partial charge is 0.157 e. The Bertz CT molecular complexity index is 1070. The second-order valence-electron chi connectivity index (χ2n) is 7.64. The van der Waals surface area contributed by atoms with Crippen LogP contribution in [0, 0.1) is 0 Å². The zero-order valence-corrected chi connectivity index (χ0v) is 16.5. The first kappa shape index (κ1) is 18.6. The fraction of sp³-hybridized carbons (Fsp3) is 0.217. The van der Waals surface area contributed by atoms with Crippen molar-refractivity contribution >= 4 is 17.5 Å². The normalized spacial score (nSPS) is 16.0. The van der Waals surface area contributed by atoms with E-state index in [-0.39, 0.29) is 0 Å². The predicted octanol–water partition coefficient (Wildman–Crippen LogP) is 2.55. The number of hydrazine groups is 2. The molecule has 0 saturated heterocycles. The Balaban J connectivity index is 1.36. The van der Waals surface area contributed by atoms with Crippen molar-refractivity contribution in [3.63, 3.8) is 0 Å². The number of nitrogens with zero attached hydrogens (tertiary/aromatic N) is 4. The van der Waals surface area contributed by atoms with E-state index in [4.69, 9.17) is 0 Å². The van der Waals surface area contributed by atoms with Gasteiger partial charge >= 0.3 is 0 Å². The van der Waals surface area contributed by atoms with Gasteiger partial charge in [0.15, 0.2) is 6.09 Å². The second-order valence-corrected chi connectivity index (χ2v) is 7.64. The molecule has 30 heavy (non-hydrogen) atoms. The van der Waals surface area contributed by atoms with Gasteiger partial charge in [-0.1, -0.05) is 30.3 Å². The van der Waals surface area contributed by atoms with Crippen LogP contribution in [0.1, 0.15) is 22.3 Å². The number of benzene rings is 2. The zero-order chi connectivity index (χ0) is 20.5. The number of nitrogens with one attached hydrogen (secondary N) is 1. The molecule has 0 saturated carbocycles. The van der Waals surface area contributed by atoms with Gasteiger partial charge in [0.2, 0.25) is 0 Å². The number of aromatic nitrogens is 1. The first-order valence-electron chi connectivity index (χ1n) is 10.0. The summed E-state index contributed by atoms with van der Waals surface area (Å²) in [6.07, 6.45) is 3.10. The average Bonchev–Trinajstić information content (AvgIpc) is 3.16. The van der Waals surface area contributed by atoms with Crippen LogP contribution in [0.4, 0.5) is 16.2 Å². The lowest BCUT2D eigenvalue weighted by Gasteiger charge is -2.39. The third-order valence-corrected chi connectivity index (χ3v) is 5.69. The van der Waals surface area contributed by atoms with Gasteiger partial charge in [0.25, 0.3) is 0 Å². The summed E-state index contributed by atoms with van der Waals surface area (Å²) in [4.78, 5) is 16.1. The van der Waals surface area contributed by atoms with Gasteiger partial charge in [-0.15, -0.1) is 0 Å². The summed E-state index contributed by atoms with van der Waals surface area (Å²) in [5.41, 5.74) is 9.70. The summed E-state index contributed by atoms with van der Waals surface area (Å²) in [5, 5.41) is 17.3. The molecule has 5 rings (SSSR count). The number of hydrogen-bond donors (Lipinski definition) is 1. The van der Waals surface area contributed by atoms with Gasteiger partial charge in [0.1, 0.15) is 0 Å². The molecule has 2 aromatic carbocycles. The molecule has 0 radical (unpaired) electrons. The van der Waals surface area contributed by atoms with E-state index in [1.165, 1.54) is 16.1 Å². The molecule has 1 aromatic heterocycles. The van der Waals surface area contributed by atoms with E-state index in [0.29, 0.717) is 25.3 Å². The average molecular weight is 400 g/mol. The Hall–Kier alpha value is -3.42. The van der Waals surface area contributed by atoms with E-state index in [1.807, 2.05) is 47.5 Å². The summed E-state index contributed by atoms with van der Waals surface area (Å²) in [7, 11) is 0. The molecule has 0 spiro atoms. The number of anilines is 2. The third-order valence-electron chi connectivity index (χ3n) is 5.69. The van der Waals surface area contributed by atoms with Gasteiger partial charge < -0.3 is 15.3 Å². The molecule has 7 nitrogen and oxygen atoms in total. The summed E-state index contributed by atoms with van der Waals surface area (Å²) < 4.78 is 0. The maximum atomic E-state index is 12.1. The molecular formula is C23H22N5O2-. The molecule has 1 N–H and O–H groups in total. The highest BCUT2D eigenvalue weighted by Crippen LogP contribution is 2.30. The topological polar surface area (TPSA) is 74.8 Å². The minimum atomic E-state index is -1.21. The minimum Gasteiger partial charge on any atom is -0.529 e. The lowest BCUT2D eigenvalue weighted by atomic mass is 10.0. The van der Waals surface area contributed by atoms with Crippen molar-refractivity contribution in [2.45, 2.75) is 26.1 Å². The predicted molar refractivity (Wildman–Crippen MR) is 112 cm³/mol. The lowest BCUT2D eigenvalue weighted by Crippen LogP contribution is -2.53. The van der Waals surface area contributed by atoms with Gasteiger partial charge in [-0.2, -0.15) is 0 Å². The van der Waals surface area contributed by atoms with E-state index >= 15 is 0 Å². The Morgan fingerprint density at radius 2 is 1.67 bits per heavy atom. The summed E-state index contributed by atoms with van der Waals surface area (Å²) in [5.74, 6) is 0. The molecule has 3 heterocycles. The fourth-order valence-corrected chi connectivity index (χ4v) is 4.24. The van der Waals surface area contributed by atoms with Crippen molar-refractivity contribution in [1.82, 2.24) is 15.0 Å². The van der Waals surface area contributed by atoms with E-state index in [9.17, 15) is 9.90 Å². The van der Waals surface area contributed by atoms with E-state index in [0.717, 1.165) is 29.8 Å². The number of hydrogen-bond acceptors (Lipinski definition) is 6. The van der Waals surface area contributed by atoms with E-state index in [1.54, 1.807) is 12.4 Å². The van der Waals surface area contributed by atoms with Crippen molar-refractivity contribution in [2.75, 3.05) is 17.0 Å². The molecule has 0 unspecified atom stereocenters. The maximum absolute atomic E-state index is 12.1. The van der Waals surface area contributed by atoms with Crippen molar-refractivity contribution in [3.05, 3.63) is 89.2 Å². The number of carboxylic acid groups (broad SMARTS) is 1. The van der Waals surface area contributed by atoms with Gasteiger partial charge in [-0.3, -0.25) is 9.99 Å². The van der Waals surface area contributed by atoms with E-state index in [2.05, 4.69) is 27.6 Å². The summed E-state index contributed by atoms with van der Waals surface area (Å²) in [6.45, 7) is 2.63. The highest BCUT2D eigenvalue weighted by molar-refractivity contribution is 5.83. The summed E-state index contributed by atoms with van der Waals surface area (Å²) >= 11 is 0. The maximum Gasteiger partial charge on any atom is 0.157 e. The molecule has 0 bridgehead atoms. The molecule has 0 atom stereocenters. The van der Waals surface area contributed by atoms with Gasteiger partial charge in [0, 0.05) is 38.6 Å². The van der Waals surface area contributed by atoms with Crippen molar-refractivity contribution < 1.29 is 9.90 Å². The largest absolute Gasteiger partial charge is 0.529 e. The van der Waals surface area contributed by atoms with Crippen LogP contribution in [-0.2, 0) is 26.1 Å². The SMILES string of the molecule is O=C([O-])N(c1ccc2c(c1)CN(Nc1ccncc1)C2)N1CCc2ccccc2C1. The van der Waals surface area contributed by atoms with Crippen molar-refractivity contribution in [1.29, 1.82) is 0 Å². The molecule has 2 aliphatic rings. The van der Waals surface area contributed by atoms with Gasteiger partial charge in [0.05, 0.1) is 11.4 Å². The number of fused-ring (bicyclic) bond motifs is 2. The Morgan fingerprint density at radius 3 is 2.47 bits per heavy atom. The third kappa shape index (κ3) is 3.60. The number of carbonyl (C=O) groups excluding carboxylic acids is 1. The standard InChI is InChI=1S/C23H23N5O2/c29-23(30)28(27-12-9-17-3-1-2-4-18(17)16-27)22-6-5-19-14-26(15-20(19)13-22)25-21-7-10-24-11-8-21/h1-8,10-11,13H,9,12,14-16H2,(H,24,25)(H,29,30)/p-1. The molecule has 1 amide bonds. The minimum absolute atomic E-state index is 0.553. The van der Waals surface area contributed by atoms with Crippen LogP contribution in [-0.4, -0.2) is 27.6 Å². The number of carbonyl (C=O) groups is 1. The van der Waals surface area contributed by atoms with Gasteiger partial charge in [-0.05, 0) is 52.9 Å². The van der Waals surface area contributed by atoms with Crippen LogP contribution in [0.5, 0.6) is 0 Å². The highest BCUT2D eigenvalue weighted by atomic mass is 16.4. The van der Waals surface area contributed by atoms with E-state index < -0.39 is 6.09 Å². The van der Waals surface area contributed by atoms with Gasteiger partial charge in [-0.25, -0.2) is 10.0 Å². The molecule has 0 aliphatic carbocycles. The zero-order valence-electron chi connectivity index (χ0n) is 16.5. The van der Waals surface area contributed by atoms with Crippen molar-refractivity contribution in [3.8, 4) is 0 Å². The highest BCUT2D eigenvalue weighted by Gasteiger charge is 2.25. The van der Waals surface area contributed by atoms with Crippen LogP contribution in [0.3, 0.4) is 0 Å². The quantitative estimate of drug-likeness (QED) is 0.726. The van der Waals surface area contributed by atoms with Crippen LogP contribution in [0.2, 0.25) is 0 Å². The first-order valence-corrected chi connectivity index (χ1v) is 10.0. The Kier molecular flexibility index (Phi) is 4.82. The first-order chi connectivity index (χ1) is 14.7. The summed E-state index contributed by atoms with van der Waals surface area (Å²) in [6, 6.07) is 17.8. The molecule has 3 aromatic rings. The molecule has 7 heteroatoms. The Morgan fingerprint density at radius 1 is 0.933 bits per heavy atom. The number of pyridine rings is 1. The van der Waals surface area contributed by atoms with Crippen LogP contribution < -0.4 is 15.5 Å². The number of amides is 1. The van der Waals surface area contributed by atoms with Crippen LogP contribution in [0.15, 0.2) is 67.0 Å². The monoisotopic (exact) mass is 400 g/mol. The van der Waals surface area contributed by atoms with Crippen molar-refractivity contribution in [2.24, 2.45) is 0 Å². The van der Waals surface area contributed by atoms with Crippen LogP contribution >= 0.6 is 0 Å². The molecular weight excluding hydrogens is 378 g/mol. The second kappa shape index (κ2) is 7.78. The molecule has 152 valence electrons. The number of rotatable bonds is 4. The lowest BCUT2D eigenvalue weighted by molar-refractivity contribution is -0.250.